The van der Waals surface area contributed by atoms with Gasteiger partial charge in [-0.05, 0) is 24.3 Å². The van der Waals surface area contributed by atoms with Crippen LogP contribution >= 0.6 is 11.6 Å². The van der Waals surface area contributed by atoms with Gasteiger partial charge in [0.05, 0.1) is 23.4 Å². The van der Waals surface area contributed by atoms with Crippen molar-refractivity contribution in [3.05, 3.63) is 41.0 Å². The minimum Gasteiger partial charge on any atom is -0.495 e. The summed E-state index contributed by atoms with van der Waals surface area (Å²) in [5.74, 6) is 1.06. The monoisotopic (exact) mass is 274 g/mol. The third kappa shape index (κ3) is 2.87. The second-order valence-electron chi connectivity index (χ2n) is 3.75. The molecule has 0 fully saturated rings. The Hall–Kier alpha value is -2.45. The van der Waals surface area contributed by atoms with Crippen LogP contribution in [-0.4, -0.2) is 12.1 Å². The van der Waals surface area contributed by atoms with E-state index < -0.39 is 0 Å². The molecule has 0 bridgehead atoms. The van der Waals surface area contributed by atoms with Crippen molar-refractivity contribution in [2.24, 2.45) is 0 Å². The summed E-state index contributed by atoms with van der Waals surface area (Å²) in [7, 11) is 1.55. The fourth-order valence-electron chi connectivity index (χ4n) is 1.53. The Bertz CT molecular complexity index is 652. The number of pyridine rings is 1. The second-order valence-corrected chi connectivity index (χ2v) is 4.16. The number of hydrogen-bond acceptors (Lipinski definition) is 5. The van der Waals surface area contributed by atoms with E-state index in [4.69, 9.17) is 27.3 Å². The Morgan fingerprint density at radius 3 is 2.79 bits per heavy atom. The number of methoxy groups -OCH3 is 1. The van der Waals surface area contributed by atoms with Crippen LogP contribution in [0.3, 0.4) is 0 Å². The van der Waals surface area contributed by atoms with E-state index in [1.807, 2.05) is 6.07 Å². The van der Waals surface area contributed by atoms with Gasteiger partial charge in [-0.15, -0.1) is 0 Å². The van der Waals surface area contributed by atoms with E-state index >= 15 is 0 Å². The molecule has 6 heteroatoms. The van der Waals surface area contributed by atoms with Crippen LogP contribution < -0.4 is 15.8 Å². The smallest absolute Gasteiger partial charge is 0.153 e. The quantitative estimate of drug-likeness (QED) is 0.899. The van der Waals surface area contributed by atoms with E-state index in [0.29, 0.717) is 27.8 Å². The van der Waals surface area contributed by atoms with Gasteiger partial charge in [-0.25, -0.2) is 4.98 Å². The SMILES string of the molecule is COc1ccc(Nc2ncc(C#N)cc2N)cc1Cl. The number of nitrogens with zero attached hydrogens (tertiary/aromatic N) is 2. The number of nitrogens with two attached hydrogens (primary N) is 1. The van der Waals surface area contributed by atoms with Gasteiger partial charge in [0.25, 0.3) is 0 Å². The lowest BCUT2D eigenvalue weighted by Crippen LogP contribution is -2.00. The lowest BCUT2D eigenvalue weighted by molar-refractivity contribution is 0.415. The first-order valence-electron chi connectivity index (χ1n) is 5.40. The third-order valence-corrected chi connectivity index (χ3v) is 2.76. The molecule has 0 atom stereocenters. The maximum Gasteiger partial charge on any atom is 0.153 e. The van der Waals surface area contributed by atoms with Crippen molar-refractivity contribution in [3.63, 3.8) is 0 Å². The van der Waals surface area contributed by atoms with Gasteiger partial charge in [0, 0.05) is 11.9 Å². The molecule has 5 nitrogen and oxygen atoms in total. The molecule has 0 spiro atoms. The summed E-state index contributed by atoms with van der Waals surface area (Å²) in [5.41, 5.74) is 7.34. The van der Waals surface area contributed by atoms with Crippen molar-refractivity contribution in [2.75, 3.05) is 18.2 Å². The van der Waals surface area contributed by atoms with Crippen LogP contribution in [0.25, 0.3) is 0 Å². The molecule has 0 aliphatic rings. The average molecular weight is 275 g/mol. The Balaban J connectivity index is 2.26. The van der Waals surface area contributed by atoms with E-state index in [9.17, 15) is 0 Å². The zero-order chi connectivity index (χ0) is 13.8. The molecule has 0 saturated carbocycles. The van der Waals surface area contributed by atoms with Gasteiger partial charge in [0.1, 0.15) is 11.8 Å². The number of nitriles is 1. The predicted molar refractivity (Wildman–Crippen MR) is 74.7 cm³/mol. The van der Waals surface area contributed by atoms with Gasteiger partial charge in [-0.3, -0.25) is 0 Å². The van der Waals surface area contributed by atoms with E-state index in [-0.39, 0.29) is 0 Å². The zero-order valence-corrected chi connectivity index (χ0v) is 10.9. The van der Waals surface area contributed by atoms with Crippen LogP contribution in [-0.2, 0) is 0 Å². The fraction of sp³-hybridized carbons (Fsp3) is 0.0769. The summed E-state index contributed by atoms with van der Waals surface area (Å²) in [5, 5.41) is 12.3. The van der Waals surface area contributed by atoms with Gasteiger partial charge in [0.15, 0.2) is 5.82 Å². The Labute approximate surface area is 115 Å². The zero-order valence-electron chi connectivity index (χ0n) is 10.1. The van der Waals surface area contributed by atoms with Gasteiger partial charge < -0.3 is 15.8 Å². The van der Waals surface area contributed by atoms with Crippen molar-refractivity contribution in [2.45, 2.75) is 0 Å². The lowest BCUT2D eigenvalue weighted by Gasteiger charge is -2.10. The normalized spacial score (nSPS) is 9.74. The van der Waals surface area contributed by atoms with E-state index in [0.717, 1.165) is 5.69 Å². The summed E-state index contributed by atoms with van der Waals surface area (Å²) >= 11 is 6.02. The van der Waals surface area contributed by atoms with Crippen LogP contribution in [0.1, 0.15) is 5.56 Å². The van der Waals surface area contributed by atoms with Crippen LogP contribution in [0.15, 0.2) is 30.5 Å². The standard InChI is InChI=1S/C13H11ClN4O/c1-19-12-3-2-9(5-10(12)14)18-13-11(16)4-8(6-15)7-17-13/h2-5,7H,16H2,1H3,(H,17,18). The highest BCUT2D eigenvalue weighted by Crippen LogP contribution is 2.29. The molecule has 2 aromatic rings. The van der Waals surface area contributed by atoms with Crippen molar-refractivity contribution >= 4 is 28.8 Å². The first kappa shape index (κ1) is 13.0. The van der Waals surface area contributed by atoms with E-state index in [2.05, 4.69) is 10.3 Å². The lowest BCUT2D eigenvalue weighted by atomic mass is 10.2. The number of halogens is 1. The molecule has 0 radical (unpaired) electrons. The molecule has 0 aliphatic heterocycles. The molecule has 0 amide bonds. The first-order chi connectivity index (χ1) is 9.13. The average Bonchev–Trinajstić information content (AvgIpc) is 2.41. The molecular formula is C13H11ClN4O. The number of ether oxygens (including phenoxy) is 1. The summed E-state index contributed by atoms with van der Waals surface area (Å²) in [6.07, 6.45) is 1.45. The number of aromatic nitrogens is 1. The van der Waals surface area contributed by atoms with Crippen LogP contribution in [0.5, 0.6) is 5.75 Å². The van der Waals surface area contributed by atoms with Gasteiger partial charge >= 0.3 is 0 Å². The number of benzene rings is 1. The maximum absolute atomic E-state index is 8.74. The van der Waals surface area contributed by atoms with Gasteiger partial charge in [-0.2, -0.15) is 5.26 Å². The van der Waals surface area contributed by atoms with E-state index in [1.54, 1.807) is 31.4 Å². The Morgan fingerprint density at radius 1 is 1.42 bits per heavy atom. The molecular weight excluding hydrogens is 264 g/mol. The van der Waals surface area contributed by atoms with Crippen LogP contribution in [0, 0.1) is 11.3 Å². The molecule has 19 heavy (non-hydrogen) atoms. The third-order valence-electron chi connectivity index (χ3n) is 2.46. The summed E-state index contributed by atoms with van der Waals surface area (Å²) in [4.78, 5) is 4.08. The number of nitrogen functional groups attached to an aromatic ring is 1. The molecule has 3 N–H and O–H groups in total. The number of nitrogens with one attached hydrogen (secondary N) is 1. The number of anilines is 3. The maximum atomic E-state index is 8.74. The van der Waals surface area contributed by atoms with Crippen LogP contribution in [0.4, 0.5) is 17.2 Å². The number of hydrogen-bond donors (Lipinski definition) is 2. The molecule has 96 valence electrons. The minimum absolute atomic E-state index is 0.394. The van der Waals surface area contributed by atoms with Crippen molar-refractivity contribution in [1.29, 1.82) is 5.26 Å². The molecule has 1 heterocycles. The Kier molecular flexibility index (Phi) is 3.74. The highest BCUT2D eigenvalue weighted by Gasteiger charge is 2.05. The summed E-state index contributed by atoms with van der Waals surface area (Å²) in [6.45, 7) is 0. The van der Waals surface area contributed by atoms with E-state index in [1.165, 1.54) is 6.20 Å². The van der Waals surface area contributed by atoms with Crippen LogP contribution in [0.2, 0.25) is 5.02 Å². The highest BCUT2D eigenvalue weighted by atomic mass is 35.5. The number of rotatable bonds is 3. The Morgan fingerprint density at radius 2 is 2.21 bits per heavy atom. The second kappa shape index (κ2) is 5.46. The largest absolute Gasteiger partial charge is 0.495 e. The molecule has 0 saturated heterocycles. The minimum atomic E-state index is 0.394. The molecule has 0 unspecified atom stereocenters. The summed E-state index contributed by atoms with van der Waals surface area (Å²) in [6, 6.07) is 8.78. The molecule has 1 aromatic heterocycles. The first-order valence-corrected chi connectivity index (χ1v) is 5.78. The predicted octanol–water partition coefficient (Wildman–Crippen LogP) is 2.94. The van der Waals surface area contributed by atoms with Crippen molar-refractivity contribution in [1.82, 2.24) is 4.98 Å². The summed E-state index contributed by atoms with van der Waals surface area (Å²) < 4.78 is 5.07. The van der Waals surface area contributed by atoms with Crippen molar-refractivity contribution < 1.29 is 4.74 Å². The van der Waals surface area contributed by atoms with Crippen molar-refractivity contribution in [3.8, 4) is 11.8 Å². The molecule has 0 aliphatic carbocycles. The van der Waals surface area contributed by atoms with Gasteiger partial charge in [-0.1, -0.05) is 11.6 Å². The van der Waals surface area contributed by atoms with Gasteiger partial charge in [0.2, 0.25) is 0 Å². The topological polar surface area (TPSA) is 84.0 Å². The highest BCUT2D eigenvalue weighted by molar-refractivity contribution is 6.32. The molecule has 1 aromatic carbocycles. The fourth-order valence-corrected chi connectivity index (χ4v) is 1.79. The molecule has 2 rings (SSSR count).